The molecule has 11 atom stereocenters. The lowest BCUT2D eigenvalue weighted by molar-refractivity contribution is -0.174. The van der Waals surface area contributed by atoms with Crippen molar-refractivity contribution in [3.05, 3.63) is 0 Å². The Balaban J connectivity index is 1.35. The molecule has 4 aliphatic rings. The molecule has 0 unspecified atom stereocenters. The van der Waals surface area contributed by atoms with Crippen LogP contribution in [0.3, 0.4) is 0 Å². The quantitative estimate of drug-likeness (QED) is 0.109. The van der Waals surface area contributed by atoms with Crippen LogP contribution in [0.1, 0.15) is 105 Å². The highest BCUT2D eigenvalue weighted by molar-refractivity contribution is 5.84. The molecule has 234 valence electrons. The number of aliphatic imine (C=N–C) groups is 1. The topological polar surface area (TPSA) is 160 Å². The second-order valence-corrected chi connectivity index (χ2v) is 14.3. The summed E-state index contributed by atoms with van der Waals surface area (Å²) in [6, 6.07) is -0.700. The summed E-state index contributed by atoms with van der Waals surface area (Å²) in [5, 5.41) is 24.7. The molecular formula is C32H56N4O5. The number of fused-ring (bicyclic) bond motifs is 5. The molecule has 0 saturated heterocycles. The van der Waals surface area contributed by atoms with Gasteiger partial charge in [0.15, 0.2) is 5.96 Å². The second kappa shape index (κ2) is 13.2. The van der Waals surface area contributed by atoms with Gasteiger partial charge >= 0.3 is 5.97 Å². The zero-order valence-electron chi connectivity index (χ0n) is 25.8. The number of esters is 1. The number of guanidine groups is 1. The van der Waals surface area contributed by atoms with Crippen LogP contribution in [0, 0.1) is 46.3 Å². The van der Waals surface area contributed by atoms with Gasteiger partial charge in [0.25, 0.3) is 0 Å². The zero-order chi connectivity index (χ0) is 29.9. The molecule has 4 saturated carbocycles. The highest BCUT2D eigenvalue weighted by Gasteiger charge is 2.62. The number of nitrogens with two attached hydrogens (primary N) is 2. The van der Waals surface area contributed by atoms with E-state index < -0.39 is 12.0 Å². The van der Waals surface area contributed by atoms with Crippen molar-refractivity contribution >= 4 is 17.8 Å². The molecule has 0 aromatic heterocycles. The number of nitrogens with one attached hydrogen (secondary N) is 1. The van der Waals surface area contributed by atoms with Crippen LogP contribution >= 0.6 is 0 Å². The van der Waals surface area contributed by atoms with Crippen molar-refractivity contribution < 1.29 is 24.5 Å². The lowest BCUT2D eigenvalue weighted by atomic mass is 9.43. The average Bonchev–Trinajstić information content (AvgIpc) is 3.27. The van der Waals surface area contributed by atoms with Crippen molar-refractivity contribution in [1.29, 1.82) is 0 Å². The van der Waals surface area contributed by atoms with Gasteiger partial charge in [-0.3, -0.25) is 9.79 Å². The number of hydrogen-bond donors (Lipinski definition) is 5. The fourth-order valence-corrected chi connectivity index (χ4v) is 10.00. The summed E-state index contributed by atoms with van der Waals surface area (Å²) in [5.41, 5.74) is 11.2. The highest BCUT2D eigenvalue weighted by atomic mass is 16.5. The van der Waals surface area contributed by atoms with Crippen molar-refractivity contribution in [2.24, 2.45) is 62.8 Å². The van der Waals surface area contributed by atoms with E-state index in [0.29, 0.717) is 61.3 Å². The van der Waals surface area contributed by atoms with E-state index in [-0.39, 0.29) is 41.5 Å². The number of aliphatic hydroxyl groups excluding tert-OH is 2. The van der Waals surface area contributed by atoms with E-state index in [1.165, 1.54) is 6.42 Å². The monoisotopic (exact) mass is 576 g/mol. The first-order chi connectivity index (χ1) is 19.4. The van der Waals surface area contributed by atoms with Crippen LogP contribution in [-0.4, -0.2) is 59.5 Å². The number of hydrogen-bond acceptors (Lipinski definition) is 6. The first-order valence-corrected chi connectivity index (χ1v) is 16.3. The molecule has 0 bridgehead atoms. The SMILES string of the molecule is CCOC(=O)[C@H](CCCN=C(N)N)NC(=O)CC[C@@H](C)[C@H]1CC[C@H]2[C@@H]3[C@H](O)C[C@@H]4C[C@H](O)CC[C@]4(C)[C@H]3CC[C@]12C. The number of nitrogens with zero attached hydrogens (tertiary/aromatic N) is 1. The van der Waals surface area contributed by atoms with Gasteiger partial charge in [-0.2, -0.15) is 0 Å². The van der Waals surface area contributed by atoms with E-state index >= 15 is 0 Å². The van der Waals surface area contributed by atoms with Gasteiger partial charge in [-0.05, 0) is 124 Å². The van der Waals surface area contributed by atoms with E-state index in [1.807, 2.05) is 0 Å². The maximum Gasteiger partial charge on any atom is 0.328 e. The van der Waals surface area contributed by atoms with Gasteiger partial charge in [-0.1, -0.05) is 20.8 Å². The van der Waals surface area contributed by atoms with Gasteiger partial charge < -0.3 is 31.7 Å². The molecule has 0 aliphatic heterocycles. The summed E-state index contributed by atoms with van der Waals surface area (Å²) in [6.45, 7) is 9.61. The number of carbonyl (C=O) groups excluding carboxylic acids is 2. The van der Waals surface area contributed by atoms with Gasteiger partial charge in [0, 0.05) is 13.0 Å². The lowest BCUT2D eigenvalue weighted by Crippen LogP contribution is -2.58. The third kappa shape index (κ3) is 6.71. The van der Waals surface area contributed by atoms with Gasteiger partial charge in [0.1, 0.15) is 6.04 Å². The average molecular weight is 577 g/mol. The Kier molecular flexibility index (Phi) is 10.3. The Morgan fingerprint density at radius 3 is 2.44 bits per heavy atom. The first kappa shape index (κ1) is 32.1. The van der Waals surface area contributed by atoms with Crippen LogP contribution in [0.4, 0.5) is 0 Å². The van der Waals surface area contributed by atoms with E-state index in [0.717, 1.165) is 51.4 Å². The van der Waals surface area contributed by atoms with Crippen molar-refractivity contribution in [2.75, 3.05) is 13.2 Å². The number of amides is 1. The summed E-state index contributed by atoms with van der Waals surface area (Å²) in [4.78, 5) is 29.4. The molecule has 9 nitrogen and oxygen atoms in total. The molecule has 0 aromatic carbocycles. The van der Waals surface area contributed by atoms with Crippen molar-refractivity contribution in [3.8, 4) is 0 Å². The molecule has 7 N–H and O–H groups in total. The minimum atomic E-state index is -0.700. The highest BCUT2D eigenvalue weighted by Crippen LogP contribution is 2.68. The molecular weight excluding hydrogens is 520 g/mol. The first-order valence-electron chi connectivity index (χ1n) is 16.3. The summed E-state index contributed by atoms with van der Waals surface area (Å²) in [5.74, 6) is 2.18. The lowest BCUT2D eigenvalue weighted by Gasteiger charge is -2.62. The smallest absolute Gasteiger partial charge is 0.328 e. The van der Waals surface area contributed by atoms with Crippen LogP contribution in [0.25, 0.3) is 0 Å². The molecule has 0 heterocycles. The van der Waals surface area contributed by atoms with Crippen molar-refractivity contribution in [2.45, 2.75) is 123 Å². The molecule has 4 rings (SSSR count). The van der Waals surface area contributed by atoms with E-state index in [9.17, 15) is 19.8 Å². The number of ether oxygens (including phenoxy) is 1. The molecule has 1 amide bonds. The van der Waals surface area contributed by atoms with Gasteiger partial charge in [0.2, 0.25) is 5.91 Å². The molecule has 41 heavy (non-hydrogen) atoms. The molecule has 9 heteroatoms. The maximum atomic E-state index is 13.0. The van der Waals surface area contributed by atoms with Crippen LogP contribution < -0.4 is 16.8 Å². The summed E-state index contributed by atoms with van der Waals surface area (Å²) in [7, 11) is 0. The number of aliphatic hydroxyl groups is 2. The maximum absolute atomic E-state index is 13.0. The summed E-state index contributed by atoms with van der Waals surface area (Å²) >= 11 is 0. The Hall–Kier alpha value is -1.87. The molecule has 4 fully saturated rings. The van der Waals surface area contributed by atoms with Crippen molar-refractivity contribution in [1.82, 2.24) is 5.32 Å². The molecule has 4 aliphatic carbocycles. The van der Waals surface area contributed by atoms with Crippen molar-refractivity contribution in [3.63, 3.8) is 0 Å². The Morgan fingerprint density at radius 2 is 1.73 bits per heavy atom. The fourth-order valence-electron chi connectivity index (χ4n) is 10.00. The second-order valence-electron chi connectivity index (χ2n) is 14.3. The van der Waals surface area contributed by atoms with Gasteiger partial charge in [-0.25, -0.2) is 4.79 Å². The Labute approximate surface area is 246 Å². The predicted molar refractivity (Wildman–Crippen MR) is 159 cm³/mol. The summed E-state index contributed by atoms with van der Waals surface area (Å²) < 4.78 is 5.19. The number of carbonyl (C=O) groups is 2. The third-order valence-electron chi connectivity index (χ3n) is 12.1. The van der Waals surface area contributed by atoms with Gasteiger partial charge in [0.05, 0.1) is 18.8 Å². The van der Waals surface area contributed by atoms with Crippen LogP contribution in [0.15, 0.2) is 4.99 Å². The summed E-state index contributed by atoms with van der Waals surface area (Å²) in [6.07, 6.45) is 9.91. The Bertz CT molecular complexity index is 956. The molecule has 0 radical (unpaired) electrons. The van der Waals surface area contributed by atoms with E-state index in [1.54, 1.807) is 6.92 Å². The minimum absolute atomic E-state index is 0.0113. The van der Waals surface area contributed by atoms with Crippen LogP contribution in [0.2, 0.25) is 0 Å². The standard InChI is InChI=1S/C32H56N4O5/c1-5-41-29(40)25(7-6-16-35-30(33)34)36-27(39)11-8-19(2)22-9-10-23-28-24(13-15-32(22,23)4)31(3)14-12-21(37)17-20(31)18-26(28)38/h19-26,28,37-38H,5-18H2,1-4H3,(H,36,39)(H4,33,34,35)/t19-,20+,21-,22-,23+,24+,25+,26-,28+,31+,32-/m1/s1. The third-order valence-corrected chi connectivity index (χ3v) is 12.1. The normalized spacial score (nSPS) is 39.4. The van der Waals surface area contributed by atoms with Crippen LogP contribution in [0.5, 0.6) is 0 Å². The number of rotatable bonds is 11. The minimum Gasteiger partial charge on any atom is -0.464 e. The fraction of sp³-hybridized carbons (Fsp3) is 0.906. The van der Waals surface area contributed by atoms with E-state index in [4.69, 9.17) is 16.2 Å². The van der Waals surface area contributed by atoms with Crippen LogP contribution in [-0.2, 0) is 14.3 Å². The Morgan fingerprint density at radius 1 is 1.02 bits per heavy atom. The molecule has 0 aromatic rings. The largest absolute Gasteiger partial charge is 0.464 e. The predicted octanol–water partition coefficient (Wildman–Crippen LogP) is 3.49. The van der Waals surface area contributed by atoms with E-state index in [2.05, 4.69) is 31.1 Å². The van der Waals surface area contributed by atoms with Gasteiger partial charge in [-0.15, -0.1) is 0 Å². The zero-order valence-corrected chi connectivity index (χ0v) is 25.8. The molecule has 0 spiro atoms.